The molecule has 2 aromatic heterocycles. The number of hydrogen-bond acceptors (Lipinski definition) is 5. The lowest BCUT2D eigenvalue weighted by Gasteiger charge is -2.19. The molecular weight excluding hydrogens is 363 g/mol. The Morgan fingerprint density at radius 3 is 2.82 bits per heavy atom. The van der Waals surface area contributed by atoms with Gasteiger partial charge in [0.05, 0.1) is 16.6 Å². The Labute approximate surface area is 160 Å². The molecule has 0 spiro atoms. The number of nitrogens with zero attached hydrogens (tertiary/aromatic N) is 2. The average molecular weight is 384 g/mol. The standard InChI is InChI=1S/C20H21FN4O3/c1-3-8-23-25-12(2)17(16-11-22-9-7-15(16)20(25)28)19(27)24-18(26)13-5-4-6-14(21)10-13/h4-7,9-11,18,23,26H,3,8H2,1-2H3,(H,24,27)/t18-/m0/s1. The Morgan fingerprint density at radius 2 is 2.11 bits per heavy atom. The summed E-state index contributed by atoms with van der Waals surface area (Å²) in [7, 11) is 0. The molecule has 0 aliphatic heterocycles. The Balaban J connectivity index is 2.05. The van der Waals surface area contributed by atoms with E-state index in [1.807, 2.05) is 6.92 Å². The number of fused-ring (bicyclic) bond motifs is 1. The summed E-state index contributed by atoms with van der Waals surface area (Å²) in [4.78, 5) is 29.7. The molecule has 3 N–H and O–H groups in total. The summed E-state index contributed by atoms with van der Waals surface area (Å²) in [6.45, 7) is 4.14. The molecule has 2 heterocycles. The number of carbonyl (C=O) groups is 1. The van der Waals surface area contributed by atoms with Crippen molar-refractivity contribution in [2.75, 3.05) is 12.0 Å². The minimum absolute atomic E-state index is 0.210. The van der Waals surface area contributed by atoms with Crippen LogP contribution in [0.5, 0.6) is 0 Å². The molecule has 1 amide bonds. The molecule has 146 valence electrons. The van der Waals surface area contributed by atoms with E-state index in [4.69, 9.17) is 0 Å². The molecule has 0 fully saturated rings. The predicted molar refractivity (Wildman–Crippen MR) is 104 cm³/mol. The second kappa shape index (κ2) is 8.18. The summed E-state index contributed by atoms with van der Waals surface area (Å²) < 4.78 is 14.7. The van der Waals surface area contributed by atoms with Gasteiger partial charge in [-0.2, -0.15) is 0 Å². The summed E-state index contributed by atoms with van der Waals surface area (Å²) in [6, 6.07) is 6.88. The van der Waals surface area contributed by atoms with Crippen LogP contribution in [0.3, 0.4) is 0 Å². The highest BCUT2D eigenvalue weighted by atomic mass is 19.1. The van der Waals surface area contributed by atoms with Crippen molar-refractivity contribution >= 4 is 16.7 Å². The van der Waals surface area contributed by atoms with Crippen molar-refractivity contribution in [1.82, 2.24) is 15.0 Å². The molecule has 3 rings (SSSR count). The fourth-order valence-corrected chi connectivity index (χ4v) is 3.02. The fourth-order valence-electron chi connectivity index (χ4n) is 3.02. The van der Waals surface area contributed by atoms with Gasteiger partial charge in [0.15, 0.2) is 6.23 Å². The van der Waals surface area contributed by atoms with Crippen LogP contribution in [0.25, 0.3) is 10.8 Å². The van der Waals surface area contributed by atoms with E-state index in [1.165, 1.54) is 35.3 Å². The zero-order chi connectivity index (χ0) is 20.3. The third kappa shape index (κ3) is 3.72. The lowest BCUT2D eigenvalue weighted by molar-refractivity contribution is 0.0783. The van der Waals surface area contributed by atoms with Gasteiger partial charge < -0.3 is 15.8 Å². The van der Waals surface area contributed by atoms with Gasteiger partial charge in [0.1, 0.15) is 5.82 Å². The highest BCUT2D eigenvalue weighted by Gasteiger charge is 2.22. The highest BCUT2D eigenvalue weighted by Crippen LogP contribution is 2.20. The minimum atomic E-state index is -1.40. The van der Waals surface area contributed by atoms with E-state index in [2.05, 4.69) is 15.7 Å². The van der Waals surface area contributed by atoms with E-state index in [1.54, 1.807) is 13.0 Å². The lowest BCUT2D eigenvalue weighted by Crippen LogP contribution is -2.36. The first kappa shape index (κ1) is 19.5. The Bertz CT molecular complexity index is 1080. The van der Waals surface area contributed by atoms with Crippen molar-refractivity contribution in [3.8, 4) is 0 Å². The second-order valence-corrected chi connectivity index (χ2v) is 6.36. The van der Waals surface area contributed by atoms with Crippen molar-refractivity contribution in [3.63, 3.8) is 0 Å². The summed E-state index contributed by atoms with van der Waals surface area (Å²) in [5, 5.41) is 13.5. The van der Waals surface area contributed by atoms with E-state index in [-0.39, 0.29) is 16.7 Å². The number of nitrogens with one attached hydrogen (secondary N) is 2. The van der Waals surface area contributed by atoms with E-state index >= 15 is 0 Å². The van der Waals surface area contributed by atoms with Gasteiger partial charge in [-0.15, -0.1) is 0 Å². The van der Waals surface area contributed by atoms with Gasteiger partial charge in [0.2, 0.25) is 0 Å². The fraction of sp³-hybridized carbons (Fsp3) is 0.250. The SMILES string of the molecule is CCCNn1c(C)c(C(=O)N[C@@H](O)c2cccc(F)c2)c2cnccc2c1=O. The number of aliphatic hydroxyl groups excluding tert-OH is 1. The van der Waals surface area contributed by atoms with Crippen LogP contribution in [0.2, 0.25) is 0 Å². The van der Waals surface area contributed by atoms with Gasteiger partial charge in [-0.05, 0) is 31.5 Å². The van der Waals surface area contributed by atoms with Crippen molar-refractivity contribution < 1.29 is 14.3 Å². The van der Waals surface area contributed by atoms with E-state index in [0.29, 0.717) is 23.0 Å². The number of halogens is 1. The maximum Gasteiger partial charge on any atom is 0.277 e. The topological polar surface area (TPSA) is 96.2 Å². The number of aliphatic hydroxyl groups is 1. The number of aromatic nitrogens is 2. The molecule has 0 bridgehead atoms. The molecule has 0 unspecified atom stereocenters. The lowest BCUT2D eigenvalue weighted by atomic mass is 10.1. The van der Waals surface area contributed by atoms with Crippen LogP contribution in [-0.2, 0) is 0 Å². The summed E-state index contributed by atoms with van der Waals surface area (Å²) in [6.07, 6.45) is 2.31. The largest absolute Gasteiger partial charge is 0.369 e. The molecule has 28 heavy (non-hydrogen) atoms. The number of hydrogen-bond donors (Lipinski definition) is 3. The summed E-state index contributed by atoms with van der Waals surface area (Å²) >= 11 is 0. The van der Waals surface area contributed by atoms with Gasteiger partial charge in [0.25, 0.3) is 11.5 Å². The van der Waals surface area contributed by atoms with Gasteiger partial charge >= 0.3 is 0 Å². The molecule has 1 aromatic carbocycles. The molecule has 0 radical (unpaired) electrons. The van der Waals surface area contributed by atoms with E-state index in [0.717, 1.165) is 12.5 Å². The van der Waals surface area contributed by atoms with Gasteiger partial charge in [-0.3, -0.25) is 14.6 Å². The first-order valence-electron chi connectivity index (χ1n) is 8.91. The van der Waals surface area contributed by atoms with Crippen LogP contribution in [0.15, 0.2) is 47.5 Å². The number of benzene rings is 1. The van der Waals surface area contributed by atoms with Gasteiger partial charge in [-0.1, -0.05) is 19.1 Å². The van der Waals surface area contributed by atoms with Crippen LogP contribution in [-0.4, -0.2) is 27.2 Å². The quantitative estimate of drug-likeness (QED) is 0.567. The molecule has 3 aromatic rings. The molecular formula is C20H21FN4O3. The van der Waals surface area contributed by atoms with Gasteiger partial charge in [0, 0.05) is 29.9 Å². The van der Waals surface area contributed by atoms with Gasteiger partial charge in [-0.25, -0.2) is 9.07 Å². The predicted octanol–water partition coefficient (Wildman–Crippen LogP) is 2.22. The first-order valence-corrected chi connectivity index (χ1v) is 8.91. The van der Waals surface area contributed by atoms with Crippen LogP contribution >= 0.6 is 0 Å². The monoisotopic (exact) mass is 384 g/mol. The Morgan fingerprint density at radius 1 is 1.32 bits per heavy atom. The van der Waals surface area contributed by atoms with Crippen LogP contribution < -0.4 is 16.3 Å². The third-order valence-electron chi connectivity index (χ3n) is 4.40. The number of pyridine rings is 2. The van der Waals surface area contributed by atoms with Crippen LogP contribution in [0, 0.1) is 12.7 Å². The summed E-state index contributed by atoms with van der Waals surface area (Å²) in [5.41, 5.74) is 3.53. The smallest absolute Gasteiger partial charge is 0.277 e. The molecule has 7 nitrogen and oxygen atoms in total. The zero-order valence-corrected chi connectivity index (χ0v) is 15.6. The highest BCUT2D eigenvalue weighted by molar-refractivity contribution is 6.07. The van der Waals surface area contributed by atoms with Crippen LogP contribution in [0.4, 0.5) is 4.39 Å². The number of amides is 1. The molecule has 0 aliphatic carbocycles. The van der Waals surface area contributed by atoms with Crippen molar-refractivity contribution in [2.24, 2.45) is 0 Å². The maximum absolute atomic E-state index is 13.4. The molecule has 0 aliphatic rings. The van der Waals surface area contributed by atoms with Crippen LogP contribution in [0.1, 0.15) is 41.2 Å². The Kier molecular flexibility index (Phi) is 5.70. The minimum Gasteiger partial charge on any atom is -0.369 e. The molecule has 1 atom stereocenters. The maximum atomic E-state index is 13.4. The zero-order valence-electron chi connectivity index (χ0n) is 15.6. The van der Waals surface area contributed by atoms with Crippen molar-refractivity contribution in [2.45, 2.75) is 26.5 Å². The molecule has 0 saturated carbocycles. The second-order valence-electron chi connectivity index (χ2n) is 6.36. The first-order chi connectivity index (χ1) is 13.4. The van der Waals surface area contributed by atoms with E-state index in [9.17, 15) is 19.1 Å². The summed E-state index contributed by atoms with van der Waals surface area (Å²) in [5.74, 6) is -1.12. The molecule has 0 saturated heterocycles. The number of carbonyl (C=O) groups excluding carboxylic acids is 1. The molecule has 8 heteroatoms. The van der Waals surface area contributed by atoms with Crippen molar-refractivity contribution in [3.05, 3.63) is 75.7 Å². The average Bonchev–Trinajstić information content (AvgIpc) is 2.68. The normalized spacial score (nSPS) is 12.0. The van der Waals surface area contributed by atoms with Crippen molar-refractivity contribution in [1.29, 1.82) is 0 Å². The third-order valence-corrected chi connectivity index (χ3v) is 4.40. The Hall–Kier alpha value is -3.26. The number of rotatable bonds is 6. The van der Waals surface area contributed by atoms with E-state index < -0.39 is 18.0 Å².